The number of anilines is 1. The highest BCUT2D eigenvalue weighted by atomic mass is 35.5. The second-order valence-electron chi connectivity index (χ2n) is 7.20. The zero-order valence-corrected chi connectivity index (χ0v) is 15.1. The molecule has 2 N–H and O–H groups in total. The summed E-state index contributed by atoms with van der Waals surface area (Å²) in [7, 11) is 0. The number of hydrogen-bond donors (Lipinski definition) is 2. The van der Waals surface area contributed by atoms with Gasteiger partial charge in [0.15, 0.2) is 6.61 Å². The summed E-state index contributed by atoms with van der Waals surface area (Å²) < 4.78 is 18.7. The number of ether oxygens (including phenoxy) is 1. The van der Waals surface area contributed by atoms with Crippen molar-refractivity contribution >= 4 is 29.1 Å². The number of carbonyl (C=O) groups excluding carboxylic acids is 2. The van der Waals surface area contributed by atoms with Gasteiger partial charge in [0, 0.05) is 17.8 Å². The summed E-state index contributed by atoms with van der Waals surface area (Å²) in [6.07, 6.45) is 5.05. The number of benzene rings is 1. The van der Waals surface area contributed by atoms with E-state index in [0.717, 1.165) is 6.07 Å². The van der Waals surface area contributed by atoms with E-state index in [2.05, 4.69) is 15.6 Å². The number of halogens is 2. The van der Waals surface area contributed by atoms with E-state index < -0.39 is 11.2 Å². The summed E-state index contributed by atoms with van der Waals surface area (Å²) >= 11 is 5.61. The number of rotatable bonds is 6. The first-order valence-electron chi connectivity index (χ1n) is 8.50. The summed E-state index contributed by atoms with van der Waals surface area (Å²) in [6.45, 7) is -0.225. The Labute approximate surface area is 160 Å². The minimum atomic E-state index is -0.601. The van der Waals surface area contributed by atoms with Crippen molar-refractivity contribution in [1.29, 1.82) is 0 Å². The SMILES string of the molecule is O=C(COc1ccc(Cl)c(F)c1)NC12CC(C(=O)Nc3cccnc3)(C1)C2. The molecule has 0 radical (unpaired) electrons. The molecule has 2 amide bonds. The fraction of sp³-hybridized carbons (Fsp3) is 0.316. The van der Waals surface area contributed by atoms with Crippen LogP contribution in [0.4, 0.5) is 10.1 Å². The predicted octanol–water partition coefficient (Wildman–Crippen LogP) is 2.93. The lowest BCUT2D eigenvalue weighted by atomic mass is 9.39. The number of nitrogens with one attached hydrogen (secondary N) is 2. The Kier molecular flexibility index (Phi) is 4.26. The van der Waals surface area contributed by atoms with Gasteiger partial charge < -0.3 is 15.4 Å². The number of nitrogens with zero attached hydrogens (tertiary/aromatic N) is 1. The monoisotopic (exact) mass is 389 g/mol. The lowest BCUT2D eigenvalue weighted by Crippen LogP contribution is -2.78. The van der Waals surface area contributed by atoms with Gasteiger partial charge in [-0.05, 0) is 43.5 Å². The van der Waals surface area contributed by atoms with E-state index in [-0.39, 0.29) is 34.7 Å². The van der Waals surface area contributed by atoms with Crippen molar-refractivity contribution in [2.45, 2.75) is 24.8 Å². The molecule has 0 spiro atoms. The molecule has 8 heteroatoms. The fourth-order valence-electron chi connectivity index (χ4n) is 3.91. The van der Waals surface area contributed by atoms with Crippen LogP contribution in [0.2, 0.25) is 5.02 Å². The van der Waals surface area contributed by atoms with Crippen LogP contribution in [0.15, 0.2) is 42.7 Å². The van der Waals surface area contributed by atoms with Crippen LogP contribution >= 0.6 is 11.6 Å². The van der Waals surface area contributed by atoms with Crippen LogP contribution < -0.4 is 15.4 Å². The summed E-state index contributed by atoms with van der Waals surface area (Å²) in [5.74, 6) is -0.710. The molecule has 3 aliphatic carbocycles. The molecular formula is C19H17ClFN3O3. The van der Waals surface area contributed by atoms with Gasteiger partial charge in [-0.15, -0.1) is 0 Å². The minimum absolute atomic E-state index is 0.00414. The first-order chi connectivity index (χ1) is 12.9. The van der Waals surface area contributed by atoms with E-state index in [0.29, 0.717) is 24.9 Å². The molecule has 2 bridgehead atoms. The van der Waals surface area contributed by atoms with Gasteiger partial charge in [-0.3, -0.25) is 14.6 Å². The quantitative estimate of drug-likeness (QED) is 0.796. The molecule has 0 aliphatic heterocycles. The number of aromatic nitrogens is 1. The summed E-state index contributed by atoms with van der Waals surface area (Å²) in [5.41, 5.74) is -0.0877. The van der Waals surface area contributed by atoms with Crippen molar-refractivity contribution in [1.82, 2.24) is 10.3 Å². The van der Waals surface area contributed by atoms with Crippen LogP contribution in [-0.4, -0.2) is 28.9 Å². The van der Waals surface area contributed by atoms with Gasteiger partial charge in [-0.2, -0.15) is 0 Å². The van der Waals surface area contributed by atoms with Gasteiger partial charge in [-0.25, -0.2) is 4.39 Å². The van der Waals surface area contributed by atoms with Crippen molar-refractivity contribution in [2.24, 2.45) is 5.41 Å². The molecule has 3 saturated carbocycles. The first kappa shape index (κ1) is 17.7. The Morgan fingerprint density at radius 2 is 2.04 bits per heavy atom. The molecule has 3 aliphatic rings. The third kappa shape index (κ3) is 3.35. The lowest BCUT2D eigenvalue weighted by molar-refractivity contribution is -0.179. The smallest absolute Gasteiger partial charge is 0.258 e. The second kappa shape index (κ2) is 6.49. The molecule has 6 nitrogen and oxygen atoms in total. The molecule has 0 atom stereocenters. The average molecular weight is 390 g/mol. The van der Waals surface area contributed by atoms with Crippen molar-refractivity contribution in [3.8, 4) is 5.75 Å². The zero-order valence-electron chi connectivity index (χ0n) is 14.3. The molecule has 3 fully saturated rings. The highest BCUT2D eigenvalue weighted by molar-refractivity contribution is 6.30. The standard InChI is InChI=1S/C19H17ClFN3O3/c20-14-4-3-13(6-15(14)21)27-8-16(25)24-19-9-18(10-19,11-19)17(26)23-12-2-1-5-22-7-12/h1-7H,8-11H2,(H,23,26)(H,24,25). The van der Waals surface area contributed by atoms with Crippen molar-refractivity contribution in [3.63, 3.8) is 0 Å². The molecule has 27 heavy (non-hydrogen) atoms. The van der Waals surface area contributed by atoms with E-state index in [4.69, 9.17) is 16.3 Å². The summed E-state index contributed by atoms with van der Waals surface area (Å²) in [5, 5.41) is 5.78. The molecule has 2 aromatic rings. The van der Waals surface area contributed by atoms with Gasteiger partial charge in [0.1, 0.15) is 11.6 Å². The van der Waals surface area contributed by atoms with Crippen LogP contribution in [-0.2, 0) is 9.59 Å². The molecule has 0 unspecified atom stereocenters. The van der Waals surface area contributed by atoms with Gasteiger partial charge in [0.25, 0.3) is 5.91 Å². The van der Waals surface area contributed by atoms with E-state index in [1.165, 1.54) is 12.1 Å². The topological polar surface area (TPSA) is 80.3 Å². The average Bonchev–Trinajstić information content (AvgIpc) is 2.58. The molecule has 140 valence electrons. The van der Waals surface area contributed by atoms with E-state index >= 15 is 0 Å². The molecule has 5 rings (SSSR count). The summed E-state index contributed by atoms with van der Waals surface area (Å²) in [4.78, 5) is 28.5. The Morgan fingerprint density at radius 1 is 1.26 bits per heavy atom. The maximum absolute atomic E-state index is 13.4. The third-order valence-electron chi connectivity index (χ3n) is 5.10. The Balaban J connectivity index is 1.25. The Bertz CT molecular complexity index is 887. The minimum Gasteiger partial charge on any atom is -0.484 e. The predicted molar refractivity (Wildman–Crippen MR) is 96.9 cm³/mol. The van der Waals surface area contributed by atoms with Crippen LogP contribution in [0.5, 0.6) is 5.75 Å². The van der Waals surface area contributed by atoms with Gasteiger partial charge in [0.2, 0.25) is 5.91 Å². The maximum Gasteiger partial charge on any atom is 0.258 e. The van der Waals surface area contributed by atoms with Gasteiger partial charge in [-0.1, -0.05) is 11.6 Å². The zero-order chi connectivity index (χ0) is 19.1. The fourth-order valence-corrected chi connectivity index (χ4v) is 4.03. The van der Waals surface area contributed by atoms with Crippen molar-refractivity contribution in [2.75, 3.05) is 11.9 Å². The molecular weight excluding hydrogens is 373 g/mol. The highest BCUT2D eigenvalue weighted by Gasteiger charge is 2.72. The van der Waals surface area contributed by atoms with Crippen molar-refractivity contribution < 1.29 is 18.7 Å². The normalized spacial score (nSPS) is 25.0. The number of carbonyl (C=O) groups is 2. The first-order valence-corrected chi connectivity index (χ1v) is 8.88. The van der Waals surface area contributed by atoms with E-state index in [1.807, 2.05) is 0 Å². The van der Waals surface area contributed by atoms with Crippen LogP contribution in [0.1, 0.15) is 19.3 Å². The second-order valence-corrected chi connectivity index (χ2v) is 7.61. The lowest BCUT2D eigenvalue weighted by Gasteiger charge is -2.69. The van der Waals surface area contributed by atoms with E-state index in [9.17, 15) is 14.0 Å². The van der Waals surface area contributed by atoms with Gasteiger partial charge in [0.05, 0.1) is 22.3 Å². The highest BCUT2D eigenvalue weighted by Crippen LogP contribution is 2.67. The van der Waals surface area contributed by atoms with E-state index in [1.54, 1.807) is 24.5 Å². The number of hydrogen-bond acceptors (Lipinski definition) is 4. The largest absolute Gasteiger partial charge is 0.484 e. The van der Waals surface area contributed by atoms with Crippen LogP contribution in [0, 0.1) is 11.2 Å². The Morgan fingerprint density at radius 3 is 2.70 bits per heavy atom. The number of pyridine rings is 1. The van der Waals surface area contributed by atoms with Crippen LogP contribution in [0.3, 0.4) is 0 Å². The molecule has 0 saturated heterocycles. The third-order valence-corrected chi connectivity index (χ3v) is 5.40. The molecule has 1 aromatic carbocycles. The van der Waals surface area contributed by atoms with Gasteiger partial charge >= 0.3 is 0 Å². The number of amides is 2. The van der Waals surface area contributed by atoms with Crippen LogP contribution in [0.25, 0.3) is 0 Å². The summed E-state index contributed by atoms with van der Waals surface area (Å²) in [6, 6.07) is 7.54. The maximum atomic E-state index is 13.4. The Hall–Kier alpha value is -2.67. The molecule has 1 heterocycles. The molecule has 1 aromatic heterocycles. The van der Waals surface area contributed by atoms with Crippen molar-refractivity contribution in [3.05, 3.63) is 53.6 Å².